The maximum absolute atomic E-state index is 12.5. The third-order valence-electron chi connectivity index (χ3n) is 4.38. The fraction of sp³-hybridized carbons (Fsp3) is 0.227. The molecule has 1 atom stereocenters. The number of thiazole rings is 1. The summed E-state index contributed by atoms with van der Waals surface area (Å²) < 4.78 is 5.40. The van der Waals surface area contributed by atoms with E-state index in [-0.39, 0.29) is 24.3 Å². The van der Waals surface area contributed by atoms with E-state index in [4.69, 9.17) is 4.74 Å². The Morgan fingerprint density at radius 3 is 2.66 bits per heavy atom. The minimum atomic E-state index is -0.226. The van der Waals surface area contributed by atoms with E-state index in [0.717, 1.165) is 16.9 Å². The molecule has 0 saturated heterocycles. The van der Waals surface area contributed by atoms with Gasteiger partial charge in [0.1, 0.15) is 5.75 Å². The molecule has 150 valence electrons. The molecule has 0 aliphatic rings. The molecule has 0 spiro atoms. The summed E-state index contributed by atoms with van der Waals surface area (Å²) in [6, 6.07) is 14.6. The zero-order valence-electron chi connectivity index (χ0n) is 16.6. The first-order valence-electron chi connectivity index (χ1n) is 9.21. The number of ether oxygens (including phenoxy) is 1. The summed E-state index contributed by atoms with van der Waals surface area (Å²) in [4.78, 5) is 29.0. The van der Waals surface area contributed by atoms with Crippen molar-refractivity contribution in [2.75, 3.05) is 12.4 Å². The first-order valence-corrected chi connectivity index (χ1v) is 10.1. The number of methoxy groups -OCH3 is 1. The second-order valence-corrected chi connectivity index (χ2v) is 7.53. The molecule has 1 heterocycles. The summed E-state index contributed by atoms with van der Waals surface area (Å²) in [6.45, 7) is 3.92. The summed E-state index contributed by atoms with van der Waals surface area (Å²) in [7, 11) is 1.61. The Balaban J connectivity index is 1.59. The van der Waals surface area contributed by atoms with Crippen molar-refractivity contribution >= 4 is 28.3 Å². The third kappa shape index (κ3) is 5.42. The van der Waals surface area contributed by atoms with Crippen LogP contribution in [0.2, 0.25) is 0 Å². The first-order chi connectivity index (χ1) is 14.0. The third-order valence-corrected chi connectivity index (χ3v) is 5.19. The standard InChI is InChI=1S/C22H23N3O3S/c1-14-9-10-19(28-3)18(11-14)15(2)23-20(26)12-17-13-29-22(24-17)25-21(27)16-7-5-4-6-8-16/h4-11,13,15H,12H2,1-3H3,(H,23,26)(H,24,25,27). The Hall–Kier alpha value is -3.19. The summed E-state index contributed by atoms with van der Waals surface area (Å²) in [5.41, 5.74) is 3.19. The average molecular weight is 410 g/mol. The molecule has 3 rings (SSSR count). The summed E-state index contributed by atoms with van der Waals surface area (Å²) >= 11 is 1.29. The van der Waals surface area contributed by atoms with Gasteiger partial charge in [0.15, 0.2) is 5.13 Å². The van der Waals surface area contributed by atoms with Crippen LogP contribution in [0, 0.1) is 6.92 Å². The van der Waals surface area contributed by atoms with E-state index in [0.29, 0.717) is 16.4 Å². The van der Waals surface area contributed by atoms with Crippen molar-refractivity contribution in [2.24, 2.45) is 0 Å². The summed E-state index contributed by atoms with van der Waals surface area (Å²) in [5, 5.41) is 7.98. The molecule has 1 aromatic heterocycles. The number of anilines is 1. The van der Waals surface area contributed by atoms with Crippen molar-refractivity contribution in [2.45, 2.75) is 26.3 Å². The van der Waals surface area contributed by atoms with Crippen molar-refractivity contribution in [3.8, 4) is 5.75 Å². The van der Waals surface area contributed by atoms with Crippen molar-refractivity contribution in [1.29, 1.82) is 0 Å². The van der Waals surface area contributed by atoms with Gasteiger partial charge >= 0.3 is 0 Å². The molecule has 2 amide bonds. The van der Waals surface area contributed by atoms with E-state index in [1.54, 1.807) is 36.8 Å². The Labute approximate surface area is 173 Å². The largest absolute Gasteiger partial charge is 0.496 e. The topological polar surface area (TPSA) is 80.3 Å². The van der Waals surface area contributed by atoms with Gasteiger partial charge in [-0.05, 0) is 32.0 Å². The highest BCUT2D eigenvalue weighted by Gasteiger charge is 2.16. The van der Waals surface area contributed by atoms with Crippen molar-refractivity contribution in [1.82, 2.24) is 10.3 Å². The Kier molecular flexibility index (Phi) is 6.61. The fourth-order valence-corrected chi connectivity index (χ4v) is 3.64. The van der Waals surface area contributed by atoms with Crippen molar-refractivity contribution in [3.05, 3.63) is 76.3 Å². The molecule has 2 N–H and O–H groups in total. The zero-order valence-corrected chi connectivity index (χ0v) is 17.4. The molecule has 0 aliphatic heterocycles. The second kappa shape index (κ2) is 9.34. The van der Waals surface area contributed by atoms with Gasteiger partial charge in [0, 0.05) is 16.5 Å². The molecule has 0 saturated carbocycles. The number of nitrogens with one attached hydrogen (secondary N) is 2. The lowest BCUT2D eigenvalue weighted by Gasteiger charge is -2.17. The van der Waals surface area contributed by atoms with E-state index < -0.39 is 0 Å². The Bertz CT molecular complexity index is 1000. The average Bonchev–Trinajstić information content (AvgIpc) is 3.15. The monoisotopic (exact) mass is 409 g/mol. The summed E-state index contributed by atoms with van der Waals surface area (Å²) in [5.74, 6) is 0.367. The van der Waals surface area contributed by atoms with E-state index >= 15 is 0 Å². The van der Waals surface area contributed by atoms with Gasteiger partial charge in [-0.25, -0.2) is 4.98 Å². The normalized spacial score (nSPS) is 11.6. The zero-order chi connectivity index (χ0) is 20.8. The number of hydrogen-bond acceptors (Lipinski definition) is 5. The van der Waals surface area contributed by atoms with Crippen LogP contribution in [0.5, 0.6) is 5.75 Å². The Morgan fingerprint density at radius 1 is 1.17 bits per heavy atom. The van der Waals surface area contributed by atoms with Crippen LogP contribution < -0.4 is 15.4 Å². The van der Waals surface area contributed by atoms with Gasteiger partial charge < -0.3 is 10.1 Å². The van der Waals surface area contributed by atoms with Gasteiger partial charge in [0.25, 0.3) is 5.91 Å². The number of aryl methyl sites for hydroxylation is 1. The van der Waals surface area contributed by atoms with Crippen LogP contribution in [0.3, 0.4) is 0 Å². The number of benzene rings is 2. The lowest BCUT2D eigenvalue weighted by Crippen LogP contribution is -2.28. The van der Waals surface area contributed by atoms with E-state index in [2.05, 4.69) is 15.6 Å². The predicted molar refractivity (Wildman–Crippen MR) is 115 cm³/mol. The van der Waals surface area contributed by atoms with Gasteiger partial charge in [0.05, 0.1) is 25.3 Å². The van der Waals surface area contributed by atoms with Gasteiger partial charge in [-0.3, -0.25) is 14.9 Å². The molecular formula is C22H23N3O3S. The maximum Gasteiger partial charge on any atom is 0.257 e. The molecule has 0 fully saturated rings. The van der Waals surface area contributed by atoms with Crippen LogP contribution in [0.15, 0.2) is 53.9 Å². The number of rotatable bonds is 7. The fourth-order valence-electron chi connectivity index (χ4n) is 2.93. The molecule has 0 bridgehead atoms. The van der Waals surface area contributed by atoms with Crippen LogP contribution in [0.4, 0.5) is 5.13 Å². The molecular weight excluding hydrogens is 386 g/mol. The minimum absolute atomic E-state index is 0.135. The smallest absolute Gasteiger partial charge is 0.257 e. The van der Waals surface area contributed by atoms with E-state index in [1.165, 1.54) is 11.3 Å². The molecule has 29 heavy (non-hydrogen) atoms. The molecule has 3 aromatic rings. The van der Waals surface area contributed by atoms with E-state index in [1.807, 2.05) is 38.1 Å². The number of amides is 2. The highest BCUT2D eigenvalue weighted by atomic mass is 32.1. The molecule has 0 aliphatic carbocycles. The SMILES string of the molecule is COc1ccc(C)cc1C(C)NC(=O)Cc1csc(NC(=O)c2ccccc2)n1. The first kappa shape index (κ1) is 20.5. The number of carbonyl (C=O) groups excluding carboxylic acids is 2. The highest BCUT2D eigenvalue weighted by molar-refractivity contribution is 7.14. The minimum Gasteiger partial charge on any atom is -0.496 e. The van der Waals surface area contributed by atoms with Crippen LogP contribution in [-0.4, -0.2) is 23.9 Å². The molecule has 7 heteroatoms. The highest BCUT2D eigenvalue weighted by Crippen LogP contribution is 2.26. The summed E-state index contributed by atoms with van der Waals surface area (Å²) in [6.07, 6.45) is 0.135. The lowest BCUT2D eigenvalue weighted by molar-refractivity contribution is -0.121. The van der Waals surface area contributed by atoms with Crippen LogP contribution in [0.1, 0.15) is 40.1 Å². The molecule has 6 nitrogen and oxygen atoms in total. The van der Waals surface area contributed by atoms with Gasteiger partial charge in [-0.1, -0.05) is 35.9 Å². The van der Waals surface area contributed by atoms with Gasteiger partial charge in [-0.15, -0.1) is 11.3 Å². The maximum atomic E-state index is 12.5. The van der Waals surface area contributed by atoms with E-state index in [9.17, 15) is 9.59 Å². The van der Waals surface area contributed by atoms with Crippen molar-refractivity contribution in [3.63, 3.8) is 0 Å². The number of hydrogen-bond donors (Lipinski definition) is 2. The molecule has 2 aromatic carbocycles. The molecule has 0 radical (unpaired) electrons. The lowest BCUT2D eigenvalue weighted by atomic mass is 10.0. The van der Waals surface area contributed by atoms with Crippen molar-refractivity contribution < 1.29 is 14.3 Å². The van der Waals surface area contributed by atoms with Crippen LogP contribution >= 0.6 is 11.3 Å². The Morgan fingerprint density at radius 2 is 1.93 bits per heavy atom. The number of aromatic nitrogens is 1. The van der Waals surface area contributed by atoms with Crippen LogP contribution in [-0.2, 0) is 11.2 Å². The number of carbonyl (C=O) groups is 2. The second-order valence-electron chi connectivity index (χ2n) is 6.68. The predicted octanol–water partition coefficient (Wildman–Crippen LogP) is 4.13. The number of nitrogens with zero attached hydrogens (tertiary/aromatic N) is 1. The molecule has 1 unspecified atom stereocenters. The van der Waals surface area contributed by atoms with Gasteiger partial charge in [-0.2, -0.15) is 0 Å². The quantitative estimate of drug-likeness (QED) is 0.615. The van der Waals surface area contributed by atoms with Gasteiger partial charge in [0.2, 0.25) is 5.91 Å². The van der Waals surface area contributed by atoms with Crippen LogP contribution in [0.25, 0.3) is 0 Å².